The molecule has 0 saturated carbocycles. The van der Waals surface area contributed by atoms with Crippen LogP contribution in [0, 0.1) is 6.92 Å². The molecule has 1 aromatic rings. The first-order valence-electron chi connectivity index (χ1n) is 10.4. The third kappa shape index (κ3) is 7.98. The number of anilines is 1. The first kappa shape index (κ1) is 24.2. The van der Waals surface area contributed by atoms with Crippen molar-refractivity contribution in [2.45, 2.75) is 46.1 Å². The number of aryl methyl sites for hydroxylation is 1. The Kier molecular flexibility index (Phi) is 10.2. The molecule has 1 saturated heterocycles. The SMILES string of the molecule is CCOC(=O)CCN(CC1CCCN1CC)C(=O)CSCC(=O)Nc1cc(C)on1. The first-order chi connectivity index (χ1) is 14.4. The van der Waals surface area contributed by atoms with E-state index in [2.05, 4.69) is 22.3 Å². The van der Waals surface area contributed by atoms with Crippen molar-refractivity contribution in [3.8, 4) is 0 Å². The minimum atomic E-state index is -0.302. The summed E-state index contributed by atoms with van der Waals surface area (Å²) in [6, 6.07) is 1.94. The minimum absolute atomic E-state index is 0.0719. The molecule has 1 aliphatic rings. The van der Waals surface area contributed by atoms with Crippen molar-refractivity contribution in [1.29, 1.82) is 0 Å². The van der Waals surface area contributed by atoms with Crippen molar-refractivity contribution in [3.63, 3.8) is 0 Å². The number of likely N-dealkylation sites (N-methyl/N-ethyl adjacent to an activating group) is 1. The van der Waals surface area contributed by atoms with Crippen molar-refractivity contribution < 1.29 is 23.6 Å². The molecule has 1 aliphatic heterocycles. The number of amides is 2. The quantitative estimate of drug-likeness (QED) is 0.492. The lowest BCUT2D eigenvalue weighted by atomic mass is 10.2. The highest BCUT2D eigenvalue weighted by molar-refractivity contribution is 8.00. The van der Waals surface area contributed by atoms with Crippen LogP contribution in [0.2, 0.25) is 0 Å². The van der Waals surface area contributed by atoms with Crippen LogP contribution >= 0.6 is 11.8 Å². The van der Waals surface area contributed by atoms with Gasteiger partial charge >= 0.3 is 5.97 Å². The van der Waals surface area contributed by atoms with E-state index >= 15 is 0 Å². The molecule has 2 amide bonds. The van der Waals surface area contributed by atoms with Crippen LogP contribution in [0.15, 0.2) is 10.6 Å². The number of rotatable bonds is 12. The Balaban J connectivity index is 1.83. The molecule has 2 rings (SSSR count). The molecular formula is C20H32N4O5S. The highest BCUT2D eigenvalue weighted by atomic mass is 32.2. The standard InChI is InChI=1S/C20H32N4O5S/c1-4-23-9-6-7-16(23)12-24(10-8-20(27)28-5-2)19(26)14-30-13-18(25)21-17-11-15(3)29-22-17/h11,16H,4-10,12-14H2,1-3H3,(H,21,22,25). The van der Waals surface area contributed by atoms with Crippen molar-refractivity contribution in [3.05, 3.63) is 11.8 Å². The molecule has 10 heteroatoms. The fourth-order valence-corrected chi connectivity index (χ4v) is 4.19. The number of carbonyl (C=O) groups excluding carboxylic acids is 3. The summed E-state index contributed by atoms with van der Waals surface area (Å²) in [4.78, 5) is 40.7. The fourth-order valence-electron chi connectivity index (χ4n) is 3.48. The summed E-state index contributed by atoms with van der Waals surface area (Å²) < 4.78 is 9.91. The van der Waals surface area contributed by atoms with Gasteiger partial charge in [0.25, 0.3) is 0 Å². The monoisotopic (exact) mass is 440 g/mol. The van der Waals surface area contributed by atoms with Gasteiger partial charge in [0.1, 0.15) is 5.76 Å². The van der Waals surface area contributed by atoms with Gasteiger partial charge in [0, 0.05) is 25.2 Å². The van der Waals surface area contributed by atoms with Crippen LogP contribution in [0.3, 0.4) is 0 Å². The van der Waals surface area contributed by atoms with E-state index in [1.807, 2.05) is 0 Å². The third-order valence-electron chi connectivity index (χ3n) is 4.93. The molecule has 1 atom stereocenters. The number of esters is 1. The Morgan fingerprint density at radius 3 is 2.83 bits per heavy atom. The van der Waals surface area contributed by atoms with E-state index in [1.165, 1.54) is 11.8 Å². The van der Waals surface area contributed by atoms with Crippen LogP contribution in [0.5, 0.6) is 0 Å². The number of aromatic nitrogens is 1. The Morgan fingerprint density at radius 1 is 1.37 bits per heavy atom. The maximum absolute atomic E-state index is 12.8. The van der Waals surface area contributed by atoms with Crippen LogP contribution in [-0.4, -0.2) is 83.1 Å². The number of nitrogens with one attached hydrogen (secondary N) is 1. The zero-order valence-electron chi connectivity index (χ0n) is 18.0. The molecule has 1 fully saturated rings. The molecule has 1 unspecified atom stereocenters. The second kappa shape index (κ2) is 12.6. The second-order valence-electron chi connectivity index (χ2n) is 7.18. The van der Waals surface area contributed by atoms with Crippen molar-refractivity contribution in [1.82, 2.24) is 15.0 Å². The lowest BCUT2D eigenvalue weighted by Crippen LogP contribution is -2.44. The van der Waals surface area contributed by atoms with E-state index in [1.54, 1.807) is 24.8 Å². The fraction of sp³-hybridized carbons (Fsp3) is 0.700. The maximum Gasteiger partial charge on any atom is 0.307 e. The average molecular weight is 441 g/mol. The summed E-state index contributed by atoms with van der Waals surface area (Å²) in [5.41, 5.74) is 0. The Hall–Kier alpha value is -2.07. The van der Waals surface area contributed by atoms with Crippen molar-refractivity contribution in [2.24, 2.45) is 0 Å². The van der Waals surface area contributed by atoms with Gasteiger partial charge in [-0.15, -0.1) is 11.8 Å². The molecule has 0 radical (unpaired) electrons. The van der Waals surface area contributed by atoms with E-state index in [4.69, 9.17) is 9.26 Å². The van der Waals surface area contributed by atoms with Crippen LogP contribution in [0.4, 0.5) is 5.82 Å². The smallest absolute Gasteiger partial charge is 0.307 e. The largest absolute Gasteiger partial charge is 0.466 e. The summed E-state index contributed by atoms with van der Waals surface area (Å²) in [5.74, 6) is 0.661. The maximum atomic E-state index is 12.8. The molecule has 0 bridgehead atoms. The molecule has 0 aromatic carbocycles. The molecule has 0 spiro atoms. The number of hydrogen-bond donors (Lipinski definition) is 1. The van der Waals surface area contributed by atoms with E-state index in [-0.39, 0.29) is 35.7 Å². The lowest BCUT2D eigenvalue weighted by molar-refractivity contribution is -0.144. The van der Waals surface area contributed by atoms with Crippen LogP contribution < -0.4 is 5.32 Å². The molecular weight excluding hydrogens is 408 g/mol. The Morgan fingerprint density at radius 2 is 2.17 bits per heavy atom. The van der Waals surface area contributed by atoms with Crippen molar-refractivity contribution in [2.75, 3.05) is 49.6 Å². The predicted molar refractivity (Wildman–Crippen MR) is 115 cm³/mol. The number of hydrogen-bond acceptors (Lipinski definition) is 8. The predicted octanol–water partition coefficient (Wildman–Crippen LogP) is 1.92. The van der Waals surface area contributed by atoms with Gasteiger partial charge in [-0.25, -0.2) is 0 Å². The van der Waals surface area contributed by atoms with Gasteiger partial charge in [0.15, 0.2) is 5.82 Å². The van der Waals surface area contributed by atoms with Crippen molar-refractivity contribution >= 4 is 35.4 Å². The van der Waals surface area contributed by atoms with E-state index in [0.717, 1.165) is 25.9 Å². The Bertz CT molecular complexity index is 711. The van der Waals surface area contributed by atoms with Gasteiger partial charge < -0.3 is 19.5 Å². The molecule has 2 heterocycles. The van der Waals surface area contributed by atoms with Gasteiger partial charge in [-0.2, -0.15) is 0 Å². The summed E-state index contributed by atoms with van der Waals surface area (Å²) in [5, 5.41) is 6.35. The average Bonchev–Trinajstić information content (AvgIpc) is 3.33. The zero-order chi connectivity index (χ0) is 21.9. The molecule has 0 aliphatic carbocycles. The summed E-state index contributed by atoms with van der Waals surface area (Å²) in [7, 11) is 0. The number of carbonyl (C=O) groups is 3. The molecule has 1 N–H and O–H groups in total. The second-order valence-corrected chi connectivity index (χ2v) is 8.17. The summed E-state index contributed by atoms with van der Waals surface area (Å²) in [6.07, 6.45) is 2.34. The number of likely N-dealkylation sites (tertiary alicyclic amines) is 1. The van der Waals surface area contributed by atoms with Crippen LogP contribution in [0.1, 0.15) is 38.9 Å². The van der Waals surface area contributed by atoms with Crippen LogP contribution in [-0.2, 0) is 19.1 Å². The number of ether oxygens (including phenoxy) is 1. The lowest BCUT2D eigenvalue weighted by Gasteiger charge is -2.30. The van der Waals surface area contributed by atoms with Gasteiger partial charge in [-0.05, 0) is 39.8 Å². The molecule has 30 heavy (non-hydrogen) atoms. The highest BCUT2D eigenvalue weighted by Crippen LogP contribution is 2.18. The Labute approximate surface area is 181 Å². The minimum Gasteiger partial charge on any atom is -0.466 e. The van der Waals surface area contributed by atoms with E-state index in [0.29, 0.717) is 37.3 Å². The molecule has 168 valence electrons. The summed E-state index contributed by atoms with van der Waals surface area (Å²) >= 11 is 1.24. The van der Waals surface area contributed by atoms with Gasteiger partial charge in [0.2, 0.25) is 11.8 Å². The third-order valence-corrected chi connectivity index (χ3v) is 5.85. The van der Waals surface area contributed by atoms with E-state index in [9.17, 15) is 14.4 Å². The van der Waals surface area contributed by atoms with Gasteiger partial charge in [0.05, 0.1) is 24.5 Å². The number of nitrogens with zero attached hydrogens (tertiary/aromatic N) is 3. The van der Waals surface area contributed by atoms with Gasteiger partial charge in [-0.3, -0.25) is 19.3 Å². The normalized spacial score (nSPS) is 16.4. The zero-order valence-corrected chi connectivity index (χ0v) is 18.8. The number of thioether (sulfide) groups is 1. The van der Waals surface area contributed by atoms with Gasteiger partial charge in [-0.1, -0.05) is 12.1 Å². The van der Waals surface area contributed by atoms with E-state index < -0.39 is 0 Å². The highest BCUT2D eigenvalue weighted by Gasteiger charge is 2.27. The van der Waals surface area contributed by atoms with Crippen LogP contribution in [0.25, 0.3) is 0 Å². The molecule has 1 aromatic heterocycles. The topological polar surface area (TPSA) is 105 Å². The summed E-state index contributed by atoms with van der Waals surface area (Å²) in [6.45, 7) is 8.86. The first-order valence-corrected chi connectivity index (χ1v) is 11.6. The molecule has 9 nitrogen and oxygen atoms in total.